The van der Waals surface area contributed by atoms with E-state index in [1.165, 1.54) is 0 Å². The number of pyridine rings is 1. The van der Waals surface area contributed by atoms with Gasteiger partial charge in [0.1, 0.15) is 5.82 Å². The third-order valence-corrected chi connectivity index (χ3v) is 3.72. The van der Waals surface area contributed by atoms with E-state index in [2.05, 4.69) is 4.98 Å². The number of carbonyl (C=O) groups is 2. The summed E-state index contributed by atoms with van der Waals surface area (Å²) in [4.78, 5) is 31.0. The normalized spacial score (nSPS) is 15.4. The summed E-state index contributed by atoms with van der Waals surface area (Å²) in [7, 11) is 0. The highest BCUT2D eigenvalue weighted by molar-refractivity contribution is 5.88. The number of hydrogen-bond donors (Lipinski definition) is 1. The highest BCUT2D eigenvalue weighted by Crippen LogP contribution is 2.21. The van der Waals surface area contributed by atoms with Gasteiger partial charge in [-0.2, -0.15) is 0 Å². The summed E-state index contributed by atoms with van der Waals surface area (Å²) >= 11 is 0. The van der Waals surface area contributed by atoms with E-state index in [0.717, 1.165) is 5.69 Å². The van der Waals surface area contributed by atoms with E-state index in [4.69, 9.17) is 0 Å². The van der Waals surface area contributed by atoms with Crippen molar-refractivity contribution >= 4 is 17.7 Å². The van der Waals surface area contributed by atoms with Gasteiger partial charge in [-0.1, -0.05) is 13.8 Å². The molecule has 0 spiro atoms. The van der Waals surface area contributed by atoms with Crippen LogP contribution in [0.4, 0.5) is 5.82 Å². The van der Waals surface area contributed by atoms with Crippen molar-refractivity contribution in [2.24, 2.45) is 0 Å². The molecular formula is C15H21N3O3. The second kappa shape index (κ2) is 6.11. The third kappa shape index (κ3) is 3.51. The van der Waals surface area contributed by atoms with Crippen molar-refractivity contribution in [3.63, 3.8) is 0 Å². The van der Waals surface area contributed by atoms with Gasteiger partial charge in [-0.15, -0.1) is 0 Å². The number of carbonyl (C=O) groups excluding carboxylic acids is 1. The van der Waals surface area contributed by atoms with E-state index in [1.54, 1.807) is 24.0 Å². The van der Waals surface area contributed by atoms with Gasteiger partial charge in [-0.05, 0) is 18.1 Å². The Bertz CT molecular complexity index is 549. The van der Waals surface area contributed by atoms with E-state index >= 15 is 0 Å². The van der Waals surface area contributed by atoms with Crippen LogP contribution in [0.25, 0.3) is 0 Å². The molecule has 0 radical (unpaired) electrons. The Labute approximate surface area is 124 Å². The van der Waals surface area contributed by atoms with Gasteiger partial charge in [0.25, 0.3) is 0 Å². The minimum atomic E-state index is -0.942. The number of carboxylic acid groups (broad SMARTS) is 1. The Kier molecular flexibility index (Phi) is 4.45. The average molecular weight is 291 g/mol. The standard InChI is InChI=1S/C15H21N3O3/c1-10(2)13-8-12(15(20)21)9-14(16-13)18-6-4-17(5-7-18)11(3)19/h8-10H,4-7H2,1-3H3,(H,20,21). The molecular weight excluding hydrogens is 270 g/mol. The van der Waals surface area contributed by atoms with Crippen LogP contribution in [0, 0.1) is 0 Å². The Hall–Kier alpha value is -2.11. The van der Waals surface area contributed by atoms with Crippen molar-refractivity contribution in [2.75, 3.05) is 31.1 Å². The number of hydrogen-bond acceptors (Lipinski definition) is 4. The maximum Gasteiger partial charge on any atom is 0.335 e. The van der Waals surface area contributed by atoms with Crippen molar-refractivity contribution in [3.05, 3.63) is 23.4 Å². The van der Waals surface area contributed by atoms with Crippen LogP contribution in [0.5, 0.6) is 0 Å². The van der Waals surface area contributed by atoms with Crippen molar-refractivity contribution < 1.29 is 14.7 Å². The molecule has 1 aliphatic heterocycles. The highest BCUT2D eigenvalue weighted by atomic mass is 16.4. The largest absolute Gasteiger partial charge is 0.478 e. The van der Waals surface area contributed by atoms with Crippen molar-refractivity contribution in [1.82, 2.24) is 9.88 Å². The first-order chi connectivity index (χ1) is 9.88. The first-order valence-corrected chi connectivity index (χ1v) is 7.14. The minimum Gasteiger partial charge on any atom is -0.478 e. The van der Waals surface area contributed by atoms with Gasteiger partial charge >= 0.3 is 5.97 Å². The molecule has 1 aromatic heterocycles. The van der Waals surface area contributed by atoms with Crippen LogP contribution in [0.15, 0.2) is 12.1 Å². The Morgan fingerprint density at radius 1 is 1.19 bits per heavy atom. The molecule has 1 fully saturated rings. The molecule has 1 saturated heterocycles. The van der Waals surface area contributed by atoms with Gasteiger partial charge in [0, 0.05) is 38.8 Å². The Morgan fingerprint density at radius 2 is 1.81 bits per heavy atom. The van der Waals surface area contributed by atoms with Crippen LogP contribution in [-0.4, -0.2) is 53.0 Å². The van der Waals surface area contributed by atoms with Crippen molar-refractivity contribution in [2.45, 2.75) is 26.7 Å². The summed E-state index contributed by atoms with van der Waals surface area (Å²) in [5, 5.41) is 9.23. The first-order valence-electron chi connectivity index (χ1n) is 7.14. The number of piperazine rings is 1. The van der Waals surface area contributed by atoms with Crippen LogP contribution < -0.4 is 4.90 Å². The summed E-state index contributed by atoms with van der Waals surface area (Å²) in [6.07, 6.45) is 0. The molecule has 0 saturated carbocycles. The zero-order valence-corrected chi connectivity index (χ0v) is 12.7. The van der Waals surface area contributed by atoms with Crippen molar-refractivity contribution in [3.8, 4) is 0 Å². The number of amides is 1. The van der Waals surface area contributed by atoms with Gasteiger partial charge in [0.2, 0.25) is 5.91 Å². The molecule has 6 nitrogen and oxygen atoms in total. The van der Waals surface area contributed by atoms with Gasteiger partial charge in [0.15, 0.2) is 0 Å². The van der Waals surface area contributed by atoms with E-state index in [0.29, 0.717) is 32.0 Å². The lowest BCUT2D eigenvalue weighted by Gasteiger charge is -2.35. The quantitative estimate of drug-likeness (QED) is 0.915. The molecule has 0 aliphatic carbocycles. The van der Waals surface area contributed by atoms with Gasteiger partial charge in [-0.3, -0.25) is 4.79 Å². The molecule has 2 heterocycles. The summed E-state index contributed by atoms with van der Waals surface area (Å²) < 4.78 is 0. The molecule has 0 aromatic carbocycles. The highest BCUT2D eigenvalue weighted by Gasteiger charge is 2.21. The zero-order valence-electron chi connectivity index (χ0n) is 12.7. The van der Waals surface area contributed by atoms with Gasteiger partial charge in [0.05, 0.1) is 5.56 Å². The third-order valence-electron chi connectivity index (χ3n) is 3.72. The number of aromatic carboxylic acids is 1. The predicted octanol–water partition coefficient (Wildman–Crippen LogP) is 1.57. The predicted molar refractivity (Wildman–Crippen MR) is 79.8 cm³/mol. The second-order valence-corrected chi connectivity index (χ2v) is 5.59. The Balaban J connectivity index is 2.23. The molecule has 0 atom stereocenters. The van der Waals surface area contributed by atoms with Crippen LogP contribution >= 0.6 is 0 Å². The van der Waals surface area contributed by atoms with Gasteiger partial charge < -0.3 is 14.9 Å². The molecule has 0 unspecified atom stereocenters. The van der Waals surface area contributed by atoms with Crippen LogP contribution in [0.3, 0.4) is 0 Å². The van der Waals surface area contributed by atoms with E-state index in [1.807, 2.05) is 18.7 Å². The number of nitrogens with zero attached hydrogens (tertiary/aromatic N) is 3. The smallest absolute Gasteiger partial charge is 0.335 e. The summed E-state index contributed by atoms with van der Waals surface area (Å²) in [6.45, 7) is 8.18. The number of carboxylic acids is 1. The monoisotopic (exact) mass is 291 g/mol. The number of anilines is 1. The molecule has 2 rings (SSSR count). The number of aromatic nitrogens is 1. The fourth-order valence-electron chi connectivity index (χ4n) is 2.37. The average Bonchev–Trinajstić information content (AvgIpc) is 2.46. The van der Waals surface area contributed by atoms with Crippen LogP contribution in [0.1, 0.15) is 42.7 Å². The molecule has 1 N–H and O–H groups in total. The molecule has 0 bridgehead atoms. The van der Waals surface area contributed by atoms with E-state index < -0.39 is 5.97 Å². The molecule has 114 valence electrons. The lowest BCUT2D eigenvalue weighted by molar-refractivity contribution is -0.129. The van der Waals surface area contributed by atoms with Gasteiger partial charge in [-0.25, -0.2) is 9.78 Å². The minimum absolute atomic E-state index is 0.0739. The van der Waals surface area contributed by atoms with Crippen LogP contribution in [0.2, 0.25) is 0 Å². The maximum absolute atomic E-state index is 11.3. The molecule has 1 amide bonds. The lowest BCUT2D eigenvalue weighted by Crippen LogP contribution is -2.48. The fourth-order valence-corrected chi connectivity index (χ4v) is 2.37. The topological polar surface area (TPSA) is 73.7 Å². The SMILES string of the molecule is CC(=O)N1CCN(c2cc(C(=O)O)cc(C(C)C)n2)CC1. The van der Waals surface area contributed by atoms with Crippen LogP contribution in [-0.2, 0) is 4.79 Å². The fraction of sp³-hybridized carbons (Fsp3) is 0.533. The second-order valence-electron chi connectivity index (χ2n) is 5.59. The number of rotatable bonds is 3. The van der Waals surface area contributed by atoms with E-state index in [9.17, 15) is 14.7 Å². The summed E-state index contributed by atoms with van der Waals surface area (Å²) in [5.41, 5.74) is 1.04. The summed E-state index contributed by atoms with van der Waals surface area (Å²) in [6, 6.07) is 3.24. The molecule has 1 aromatic rings. The van der Waals surface area contributed by atoms with E-state index in [-0.39, 0.29) is 17.4 Å². The van der Waals surface area contributed by atoms with Crippen molar-refractivity contribution in [1.29, 1.82) is 0 Å². The molecule has 21 heavy (non-hydrogen) atoms. The summed E-state index contributed by atoms with van der Waals surface area (Å²) in [5.74, 6) is -0.0175. The maximum atomic E-state index is 11.3. The Morgan fingerprint density at radius 3 is 2.29 bits per heavy atom. The zero-order chi connectivity index (χ0) is 15.6. The first kappa shape index (κ1) is 15.3. The lowest BCUT2D eigenvalue weighted by atomic mass is 10.1. The molecule has 1 aliphatic rings. The molecule has 6 heteroatoms.